The Morgan fingerprint density at radius 1 is 0.309 bits per heavy atom. The van der Waals surface area contributed by atoms with Crippen LogP contribution in [0.2, 0.25) is 0 Å². The summed E-state index contributed by atoms with van der Waals surface area (Å²) in [5.74, 6) is 0. The molecule has 0 atom stereocenters. The van der Waals surface area contributed by atoms with Gasteiger partial charge in [-0.1, -0.05) is 224 Å². The molecule has 0 saturated heterocycles. The first-order valence-corrected chi connectivity index (χ1v) is 28.0. The molecule has 380 valence electrons. The monoisotopic (exact) mass is 1030 g/mol. The molecule has 0 unspecified atom stereocenters. The summed E-state index contributed by atoms with van der Waals surface area (Å²) in [7, 11) is 0. The first kappa shape index (κ1) is 47.8. The normalized spacial score (nSPS) is 12.2. The molecular formula is C77H54BN3. The highest BCUT2D eigenvalue weighted by Gasteiger charge is 2.46. The minimum atomic E-state index is -0.251. The maximum Gasteiger partial charge on any atom is 0.333 e. The van der Waals surface area contributed by atoms with Crippen LogP contribution in [0, 0.1) is 6.92 Å². The Hall–Kier alpha value is -10.4. The van der Waals surface area contributed by atoms with E-state index < -0.39 is 0 Å². The molecule has 2 aliphatic rings. The Morgan fingerprint density at radius 3 is 1.30 bits per heavy atom. The second-order valence-electron chi connectivity index (χ2n) is 21.3. The molecule has 0 radical (unpaired) electrons. The summed E-state index contributed by atoms with van der Waals surface area (Å²) in [6.45, 7) is 2.03. The lowest BCUT2D eigenvalue weighted by molar-refractivity contribution is 1.24. The van der Waals surface area contributed by atoms with Crippen molar-refractivity contribution >= 4 is 74.0 Å². The molecule has 0 saturated carbocycles. The van der Waals surface area contributed by atoms with Crippen LogP contribution in [0.4, 0.5) is 45.5 Å². The van der Waals surface area contributed by atoms with Gasteiger partial charge < -0.3 is 14.6 Å². The third kappa shape index (κ3) is 8.48. The first-order valence-electron chi connectivity index (χ1n) is 28.0. The van der Waals surface area contributed by atoms with Gasteiger partial charge >= 0.3 is 6.85 Å². The summed E-state index contributed by atoms with van der Waals surface area (Å²) in [5.41, 5.74) is 27.0. The van der Waals surface area contributed by atoms with Crippen molar-refractivity contribution in [1.29, 1.82) is 0 Å². The summed E-state index contributed by atoms with van der Waals surface area (Å²) in [4.78, 5) is 7.68. The van der Waals surface area contributed by atoms with Crippen LogP contribution in [-0.4, -0.2) is 6.85 Å². The lowest BCUT2D eigenvalue weighted by Crippen LogP contribution is -2.61. The second kappa shape index (κ2) is 20.1. The topological polar surface area (TPSA) is 9.72 Å². The van der Waals surface area contributed by atoms with Gasteiger partial charge in [-0.3, -0.25) is 0 Å². The predicted octanol–water partition coefficient (Wildman–Crippen LogP) is 19.7. The fourth-order valence-electron chi connectivity index (χ4n) is 12.7. The fourth-order valence-corrected chi connectivity index (χ4v) is 12.7. The van der Waals surface area contributed by atoms with Gasteiger partial charge in [0.25, 0.3) is 0 Å². The zero-order chi connectivity index (χ0) is 53.8. The maximum atomic E-state index is 2.65. The van der Waals surface area contributed by atoms with Crippen LogP contribution in [0.15, 0.2) is 309 Å². The molecule has 0 bridgehead atoms. The van der Waals surface area contributed by atoms with E-state index in [1.165, 1.54) is 99.7 Å². The van der Waals surface area contributed by atoms with Gasteiger partial charge in [0.1, 0.15) is 0 Å². The van der Waals surface area contributed by atoms with Gasteiger partial charge in [0.05, 0.1) is 5.69 Å². The summed E-state index contributed by atoms with van der Waals surface area (Å²) >= 11 is 0. The van der Waals surface area contributed by atoms with Crippen molar-refractivity contribution in [2.75, 3.05) is 14.6 Å². The Bertz CT molecular complexity index is 4370. The van der Waals surface area contributed by atoms with E-state index >= 15 is 0 Å². The number of hydrogen-bond donors (Lipinski definition) is 0. The SMILES string of the molecule is Cc1cc(-c2ccccc2)ccc1N1c2ccc(N(c3ccc(-c4ccccc4)cc3)c3ccc(-c4ccccc4)cc3)cc2B2c3c(cc4ccccc4c31)-c1cc(-c3ccccc3)ccc1N2c1cccc(-c2ccccc2)c1. The van der Waals surface area contributed by atoms with Gasteiger partial charge in [-0.25, -0.2) is 0 Å². The second-order valence-corrected chi connectivity index (χ2v) is 21.3. The Balaban J connectivity index is 1.01. The van der Waals surface area contributed by atoms with Crippen molar-refractivity contribution < 1.29 is 0 Å². The van der Waals surface area contributed by atoms with Crippen molar-refractivity contribution in [3.63, 3.8) is 0 Å². The zero-order valence-corrected chi connectivity index (χ0v) is 44.9. The van der Waals surface area contributed by atoms with Crippen LogP contribution in [0.1, 0.15) is 5.56 Å². The number of nitrogens with zero attached hydrogens (tertiary/aromatic N) is 3. The molecule has 0 fully saturated rings. The summed E-state index contributed by atoms with van der Waals surface area (Å²) in [6.07, 6.45) is 0. The lowest BCUT2D eigenvalue weighted by Gasteiger charge is -2.47. The maximum absolute atomic E-state index is 2.65. The largest absolute Gasteiger partial charge is 0.376 e. The van der Waals surface area contributed by atoms with Crippen LogP contribution in [0.25, 0.3) is 77.5 Å². The smallest absolute Gasteiger partial charge is 0.333 e. The molecule has 3 nitrogen and oxygen atoms in total. The Labute approximate surface area is 474 Å². The first-order chi connectivity index (χ1) is 40.1. The molecular weight excluding hydrogens is 978 g/mol. The quantitative estimate of drug-likeness (QED) is 0.126. The van der Waals surface area contributed by atoms with E-state index in [9.17, 15) is 0 Å². The highest BCUT2D eigenvalue weighted by Crippen LogP contribution is 2.52. The van der Waals surface area contributed by atoms with E-state index in [2.05, 4.69) is 331 Å². The van der Waals surface area contributed by atoms with Crippen molar-refractivity contribution in [2.45, 2.75) is 6.92 Å². The van der Waals surface area contributed by atoms with E-state index in [0.29, 0.717) is 0 Å². The van der Waals surface area contributed by atoms with Crippen molar-refractivity contribution in [3.05, 3.63) is 315 Å². The van der Waals surface area contributed by atoms with Crippen LogP contribution in [-0.2, 0) is 0 Å². The van der Waals surface area contributed by atoms with Crippen molar-refractivity contribution in [2.24, 2.45) is 0 Å². The summed E-state index contributed by atoms with van der Waals surface area (Å²) in [6, 6.07) is 114. The van der Waals surface area contributed by atoms with Crippen molar-refractivity contribution in [3.8, 4) is 66.8 Å². The molecule has 2 aliphatic heterocycles. The van der Waals surface area contributed by atoms with E-state index in [0.717, 1.165) is 39.8 Å². The molecule has 0 N–H and O–H groups in total. The number of aryl methyl sites for hydroxylation is 1. The third-order valence-electron chi connectivity index (χ3n) is 16.5. The molecule has 2 heterocycles. The minimum Gasteiger partial charge on any atom is -0.376 e. The number of benzene rings is 13. The fraction of sp³-hybridized carbons (Fsp3) is 0.0130. The Kier molecular flexibility index (Phi) is 11.9. The highest BCUT2D eigenvalue weighted by atomic mass is 15.2. The highest BCUT2D eigenvalue weighted by molar-refractivity contribution is 6.94. The number of fused-ring (bicyclic) bond motifs is 6. The standard InChI is InChI=1S/C77H54BN3/c1-53-48-62(57-26-13-5-14-27-57)38-45-73(53)80-75-47-44-67(79(65-40-34-59(35-41-65)54-20-7-2-8-21-54)66-42-36-60(37-43-66)55-22-9-3-10-23-55)52-72(75)78-76-71(51-64-30-17-18-33-69(64)77(76)80)70-50-63(58-28-15-6-16-29-58)39-46-74(70)81(78)68-32-19-31-61(49-68)56-24-11-4-12-25-56/h2-52H,1H3. The average molecular weight is 1030 g/mol. The molecule has 0 aromatic heterocycles. The Morgan fingerprint density at radius 2 is 0.741 bits per heavy atom. The van der Waals surface area contributed by atoms with E-state index in [4.69, 9.17) is 0 Å². The third-order valence-corrected chi connectivity index (χ3v) is 16.5. The molecule has 15 rings (SSSR count). The summed E-state index contributed by atoms with van der Waals surface area (Å²) < 4.78 is 0. The van der Waals surface area contributed by atoms with Gasteiger partial charge in [0.2, 0.25) is 0 Å². The molecule has 0 amide bonds. The average Bonchev–Trinajstić information content (AvgIpc) is 3.72. The molecule has 13 aromatic carbocycles. The van der Waals surface area contributed by atoms with E-state index in [1.54, 1.807) is 0 Å². The number of rotatable bonds is 10. The lowest BCUT2D eigenvalue weighted by atomic mass is 9.43. The number of hydrogen-bond acceptors (Lipinski definition) is 3. The molecule has 13 aromatic rings. The molecule has 4 heteroatoms. The van der Waals surface area contributed by atoms with Gasteiger partial charge in [-0.2, -0.15) is 0 Å². The van der Waals surface area contributed by atoms with Crippen molar-refractivity contribution in [1.82, 2.24) is 0 Å². The van der Waals surface area contributed by atoms with Gasteiger partial charge in [0.15, 0.2) is 0 Å². The molecule has 0 spiro atoms. The molecule has 0 aliphatic carbocycles. The van der Waals surface area contributed by atoms with Crippen LogP contribution in [0.3, 0.4) is 0 Å². The number of anilines is 8. The summed E-state index contributed by atoms with van der Waals surface area (Å²) in [5, 5.41) is 2.41. The van der Waals surface area contributed by atoms with Gasteiger partial charge in [-0.15, -0.1) is 0 Å². The zero-order valence-electron chi connectivity index (χ0n) is 44.9. The molecule has 81 heavy (non-hydrogen) atoms. The van der Waals surface area contributed by atoms with Crippen LogP contribution >= 0.6 is 0 Å². The predicted molar refractivity (Wildman–Crippen MR) is 344 cm³/mol. The van der Waals surface area contributed by atoms with Gasteiger partial charge in [0, 0.05) is 50.8 Å². The van der Waals surface area contributed by atoms with E-state index in [-0.39, 0.29) is 6.85 Å². The van der Waals surface area contributed by atoms with E-state index in [1.807, 2.05) is 0 Å². The minimum absolute atomic E-state index is 0.251. The van der Waals surface area contributed by atoms with Crippen LogP contribution < -0.4 is 25.5 Å². The van der Waals surface area contributed by atoms with Crippen LogP contribution in [0.5, 0.6) is 0 Å². The van der Waals surface area contributed by atoms with Gasteiger partial charge in [-0.05, 0) is 175 Å².